The average molecular weight is 796 g/mol. The number of aryl methyl sites for hydroxylation is 6. The summed E-state index contributed by atoms with van der Waals surface area (Å²) < 4.78 is 5.54. The van der Waals surface area contributed by atoms with Gasteiger partial charge in [0.15, 0.2) is 34.9 Å². The number of hydrogen-bond acceptors (Lipinski definition) is 6. The number of rotatable bonds is 9. The molecule has 0 saturated carbocycles. The van der Waals surface area contributed by atoms with E-state index >= 15 is 0 Å². The van der Waals surface area contributed by atoms with Gasteiger partial charge in [-0.2, -0.15) is 15.3 Å². The van der Waals surface area contributed by atoms with E-state index in [-0.39, 0.29) is 20.1 Å². The molecule has 0 saturated heterocycles. The first-order chi connectivity index (χ1) is 21.9. The summed E-state index contributed by atoms with van der Waals surface area (Å²) in [6.07, 6.45) is 6.08. The van der Waals surface area contributed by atoms with Gasteiger partial charge >= 0.3 is 0 Å². The van der Waals surface area contributed by atoms with Crippen LogP contribution in [0.3, 0.4) is 0 Å². The van der Waals surface area contributed by atoms with Crippen molar-refractivity contribution >= 4 is 0 Å². The van der Waals surface area contributed by atoms with Crippen LogP contribution in [0.1, 0.15) is 57.5 Å². The zero-order valence-corrected chi connectivity index (χ0v) is 30.2. The van der Waals surface area contributed by atoms with Crippen molar-refractivity contribution in [3.05, 3.63) is 108 Å². The number of hydrogen-bond donors (Lipinski definition) is 0. The van der Waals surface area contributed by atoms with Gasteiger partial charge in [0.05, 0.1) is 0 Å². The first-order valence-electron chi connectivity index (χ1n) is 15.8. The Bertz CT molecular complexity index is 1500. The molecule has 0 bridgehead atoms. The number of aromatic nitrogens is 9. The molecule has 0 amide bonds. The van der Waals surface area contributed by atoms with Crippen molar-refractivity contribution in [3.8, 4) is 34.2 Å². The van der Waals surface area contributed by atoms with Gasteiger partial charge in [-0.25, -0.2) is 29.0 Å². The Morgan fingerprint density at radius 2 is 0.652 bits per heavy atom. The van der Waals surface area contributed by atoms with Gasteiger partial charge in [0.1, 0.15) is 0 Å². The van der Waals surface area contributed by atoms with Crippen molar-refractivity contribution in [2.45, 2.75) is 59.3 Å². The minimum absolute atomic E-state index is 0. The fourth-order valence-corrected chi connectivity index (χ4v) is 4.82. The molecule has 0 aliphatic rings. The van der Waals surface area contributed by atoms with Crippen LogP contribution in [-0.2, 0) is 60.5 Å². The summed E-state index contributed by atoms with van der Waals surface area (Å²) in [6, 6.07) is 30.5. The van der Waals surface area contributed by atoms with E-state index in [9.17, 15) is 0 Å². The molecule has 3 aromatic heterocycles. The molecule has 0 aliphatic heterocycles. The van der Waals surface area contributed by atoms with Gasteiger partial charge in [0.25, 0.3) is 0 Å². The molecule has 3 aromatic carbocycles. The summed E-state index contributed by atoms with van der Waals surface area (Å²) in [5.41, 5.74) is 3.36. The normalized spacial score (nSPS) is 10.3. The molecule has 0 N–H and O–H groups in total. The van der Waals surface area contributed by atoms with Crippen molar-refractivity contribution in [3.63, 3.8) is 0 Å². The van der Waals surface area contributed by atoms with Crippen LogP contribution in [-0.4, -0.2) is 44.3 Å². The molecule has 46 heavy (non-hydrogen) atoms. The van der Waals surface area contributed by atoms with Gasteiger partial charge < -0.3 is 0 Å². The van der Waals surface area contributed by atoms with E-state index in [0.717, 1.165) is 90.2 Å². The van der Waals surface area contributed by atoms with Gasteiger partial charge in [-0.1, -0.05) is 112 Å². The van der Waals surface area contributed by atoms with Crippen LogP contribution in [0.2, 0.25) is 0 Å². The molecule has 1 radical (unpaired) electrons. The fourth-order valence-electron chi connectivity index (χ4n) is 4.82. The summed E-state index contributed by atoms with van der Waals surface area (Å²) >= 11 is 0. The standard InChI is InChI=1S/3C12H15N3.Ir/c3*1-3-7-11-13-12(15(2)14-11)10-8-5-4-6-9-10;/h3*4-6,8-9H,3,7H2,1-2H3;. The predicted molar refractivity (Wildman–Crippen MR) is 181 cm³/mol. The van der Waals surface area contributed by atoms with E-state index in [1.165, 1.54) is 0 Å². The Morgan fingerprint density at radius 1 is 0.413 bits per heavy atom. The number of benzene rings is 3. The van der Waals surface area contributed by atoms with E-state index in [2.05, 4.69) is 87.4 Å². The minimum Gasteiger partial charge on any atom is -0.249 e. The Morgan fingerprint density at radius 3 is 0.870 bits per heavy atom. The van der Waals surface area contributed by atoms with Crippen LogP contribution in [0.25, 0.3) is 34.2 Å². The summed E-state index contributed by atoms with van der Waals surface area (Å²) in [6.45, 7) is 6.41. The third-order valence-electron chi connectivity index (χ3n) is 6.94. The van der Waals surface area contributed by atoms with Gasteiger partial charge in [0, 0.05) is 77.2 Å². The smallest absolute Gasteiger partial charge is 0.158 e. The Kier molecular flexibility index (Phi) is 14.7. The van der Waals surface area contributed by atoms with Gasteiger partial charge in [-0.15, -0.1) is 0 Å². The van der Waals surface area contributed by atoms with Crippen molar-refractivity contribution in [1.29, 1.82) is 0 Å². The van der Waals surface area contributed by atoms with Crippen molar-refractivity contribution in [1.82, 2.24) is 44.3 Å². The van der Waals surface area contributed by atoms with E-state index < -0.39 is 0 Å². The van der Waals surface area contributed by atoms with E-state index in [1.807, 2.05) is 89.8 Å². The molecule has 6 aromatic rings. The van der Waals surface area contributed by atoms with Crippen LogP contribution in [0.5, 0.6) is 0 Å². The largest absolute Gasteiger partial charge is 0.249 e. The molecule has 9 nitrogen and oxygen atoms in total. The molecule has 0 aliphatic carbocycles. The fraction of sp³-hybridized carbons (Fsp3) is 0.333. The summed E-state index contributed by atoms with van der Waals surface area (Å²) in [7, 11) is 5.82. The van der Waals surface area contributed by atoms with Crippen LogP contribution in [0, 0.1) is 0 Å². The average Bonchev–Trinajstić information content (AvgIpc) is 3.75. The zero-order chi connectivity index (χ0) is 32.0. The van der Waals surface area contributed by atoms with Gasteiger partial charge in [0.2, 0.25) is 0 Å². The predicted octanol–water partition coefficient (Wildman–Crippen LogP) is 7.30. The monoisotopic (exact) mass is 796 g/mol. The quantitative estimate of drug-likeness (QED) is 0.153. The maximum Gasteiger partial charge on any atom is 0.158 e. The second-order valence-electron chi connectivity index (χ2n) is 10.8. The summed E-state index contributed by atoms with van der Waals surface area (Å²) in [4.78, 5) is 13.6. The first kappa shape index (κ1) is 36.2. The maximum absolute atomic E-state index is 4.52. The third kappa shape index (κ3) is 10.1. The zero-order valence-electron chi connectivity index (χ0n) is 27.8. The van der Waals surface area contributed by atoms with Crippen molar-refractivity contribution in [2.24, 2.45) is 21.1 Å². The van der Waals surface area contributed by atoms with Crippen molar-refractivity contribution < 1.29 is 20.1 Å². The minimum atomic E-state index is 0. The molecule has 6 rings (SSSR count). The Balaban J connectivity index is 0.000000186. The molecule has 3 heterocycles. The molecule has 0 atom stereocenters. The summed E-state index contributed by atoms with van der Waals surface area (Å²) in [5.74, 6) is 5.62. The first-order valence-corrected chi connectivity index (χ1v) is 15.8. The molecule has 10 heteroatoms. The van der Waals surface area contributed by atoms with Gasteiger partial charge in [-0.05, 0) is 19.3 Å². The van der Waals surface area contributed by atoms with Gasteiger partial charge in [-0.3, -0.25) is 0 Å². The molecule has 0 unspecified atom stereocenters. The number of nitrogens with zero attached hydrogens (tertiary/aromatic N) is 9. The van der Waals surface area contributed by atoms with Crippen LogP contribution >= 0.6 is 0 Å². The van der Waals surface area contributed by atoms with Crippen LogP contribution in [0.15, 0.2) is 91.0 Å². The SMILES string of the molecule is CCCc1nc(-c2ccccc2)n(C)n1.CCCc1nc(-c2ccccc2)n(C)n1.CCCc1nc(-c2ccccc2)n(C)n1.[Ir]. The summed E-state index contributed by atoms with van der Waals surface area (Å²) in [5, 5.41) is 13.1. The molecular weight excluding hydrogens is 751 g/mol. The maximum atomic E-state index is 4.52. The third-order valence-corrected chi connectivity index (χ3v) is 6.94. The topological polar surface area (TPSA) is 92.1 Å². The van der Waals surface area contributed by atoms with Crippen LogP contribution in [0.4, 0.5) is 0 Å². The molecular formula is C36H45IrN9. The second kappa shape index (κ2) is 18.6. The van der Waals surface area contributed by atoms with Crippen LogP contribution < -0.4 is 0 Å². The van der Waals surface area contributed by atoms with Crippen molar-refractivity contribution in [2.75, 3.05) is 0 Å². The molecule has 243 valence electrons. The van der Waals surface area contributed by atoms with E-state index in [4.69, 9.17) is 0 Å². The Hall–Kier alpha value is -4.27. The van der Waals surface area contributed by atoms with E-state index in [0.29, 0.717) is 0 Å². The Labute approximate surface area is 286 Å². The molecule has 0 spiro atoms. The van der Waals surface area contributed by atoms with E-state index in [1.54, 1.807) is 0 Å². The second-order valence-corrected chi connectivity index (χ2v) is 10.8. The molecule has 0 fully saturated rings.